The first kappa shape index (κ1) is 18.1. The SMILES string of the molecule is CC(C)=C[SiH](CCC1CNCCN1C(C)(C)C)[SiH](C)C. The Labute approximate surface area is 130 Å². The molecule has 4 heteroatoms. The van der Waals surface area contributed by atoms with Crippen molar-refractivity contribution in [3.8, 4) is 0 Å². The molecule has 1 aliphatic heterocycles. The first-order valence-electron chi connectivity index (χ1n) is 8.34. The Bertz CT molecular complexity index is 317. The van der Waals surface area contributed by atoms with Gasteiger partial charge in [-0.2, -0.15) is 0 Å². The van der Waals surface area contributed by atoms with Gasteiger partial charge in [-0.1, -0.05) is 24.7 Å². The van der Waals surface area contributed by atoms with Crippen LogP contribution in [0.25, 0.3) is 0 Å². The van der Waals surface area contributed by atoms with E-state index in [-0.39, 0.29) is 0 Å². The first-order chi connectivity index (χ1) is 9.21. The molecule has 1 saturated heterocycles. The van der Waals surface area contributed by atoms with Crippen molar-refractivity contribution in [3.63, 3.8) is 0 Å². The van der Waals surface area contributed by atoms with Crippen LogP contribution in [0, 0.1) is 0 Å². The number of piperazine rings is 1. The molecule has 0 bridgehead atoms. The van der Waals surface area contributed by atoms with E-state index in [0.717, 1.165) is 12.6 Å². The Kier molecular flexibility index (Phi) is 7.18. The molecule has 1 rings (SSSR count). The van der Waals surface area contributed by atoms with Crippen LogP contribution in [-0.4, -0.2) is 52.7 Å². The molecule has 0 aromatic heterocycles. The molecule has 1 heterocycles. The van der Waals surface area contributed by atoms with Crippen molar-refractivity contribution in [1.29, 1.82) is 0 Å². The molecule has 1 aliphatic rings. The van der Waals surface area contributed by atoms with Crippen LogP contribution in [0.1, 0.15) is 41.0 Å². The normalized spacial score (nSPS) is 22.9. The van der Waals surface area contributed by atoms with Crippen molar-refractivity contribution in [1.82, 2.24) is 10.2 Å². The summed E-state index contributed by atoms with van der Waals surface area (Å²) in [6, 6.07) is 2.26. The lowest BCUT2D eigenvalue weighted by Gasteiger charge is -2.45. The van der Waals surface area contributed by atoms with Crippen LogP contribution >= 0.6 is 0 Å². The summed E-state index contributed by atoms with van der Waals surface area (Å²) in [6.07, 6.45) is 1.40. The standard InChI is InChI=1S/C16H36N2Si2/c1-14(2)13-20(19(6)7)11-8-15-12-17-9-10-18(15)16(3,4)5/h13,15,17,19-20H,8-12H2,1-7H3. The van der Waals surface area contributed by atoms with Crippen molar-refractivity contribution in [3.05, 3.63) is 11.3 Å². The van der Waals surface area contributed by atoms with Gasteiger partial charge in [0, 0.05) is 39.5 Å². The smallest absolute Gasteiger partial charge is 0.0517 e. The Morgan fingerprint density at radius 1 is 1.30 bits per heavy atom. The van der Waals surface area contributed by atoms with Gasteiger partial charge in [-0.3, -0.25) is 4.90 Å². The van der Waals surface area contributed by atoms with E-state index < -0.39 is 16.6 Å². The molecule has 0 spiro atoms. The van der Waals surface area contributed by atoms with E-state index in [1.54, 1.807) is 5.57 Å². The zero-order chi connectivity index (χ0) is 15.3. The maximum atomic E-state index is 3.60. The van der Waals surface area contributed by atoms with Gasteiger partial charge in [0.15, 0.2) is 0 Å². The van der Waals surface area contributed by atoms with E-state index in [2.05, 4.69) is 63.6 Å². The summed E-state index contributed by atoms with van der Waals surface area (Å²) in [4.78, 5) is 2.74. The topological polar surface area (TPSA) is 15.3 Å². The van der Waals surface area contributed by atoms with E-state index in [4.69, 9.17) is 0 Å². The summed E-state index contributed by atoms with van der Waals surface area (Å²) < 4.78 is 0. The van der Waals surface area contributed by atoms with Crippen LogP contribution in [0.3, 0.4) is 0 Å². The Morgan fingerprint density at radius 3 is 2.45 bits per heavy atom. The van der Waals surface area contributed by atoms with Crippen LogP contribution in [0.5, 0.6) is 0 Å². The van der Waals surface area contributed by atoms with Crippen molar-refractivity contribution < 1.29 is 0 Å². The summed E-state index contributed by atoms with van der Waals surface area (Å²) in [7, 11) is -1.05. The van der Waals surface area contributed by atoms with Gasteiger partial charge < -0.3 is 5.32 Å². The van der Waals surface area contributed by atoms with Gasteiger partial charge in [0.1, 0.15) is 0 Å². The molecule has 2 unspecified atom stereocenters. The molecular formula is C16H36N2Si2. The summed E-state index contributed by atoms with van der Waals surface area (Å²) >= 11 is 0. The van der Waals surface area contributed by atoms with Crippen LogP contribution < -0.4 is 5.32 Å². The third-order valence-electron chi connectivity index (χ3n) is 4.45. The molecule has 0 aromatic rings. The van der Waals surface area contributed by atoms with Crippen LogP contribution in [0.2, 0.25) is 19.1 Å². The molecular weight excluding hydrogens is 276 g/mol. The molecule has 1 fully saturated rings. The number of allylic oxidation sites excluding steroid dienone is 1. The maximum Gasteiger partial charge on any atom is 0.0517 e. The average Bonchev–Trinajstić information content (AvgIpc) is 2.33. The monoisotopic (exact) mass is 312 g/mol. The summed E-state index contributed by atoms with van der Waals surface area (Å²) in [6.45, 7) is 20.3. The Hall–Kier alpha value is 0.0938. The number of rotatable bonds is 5. The Morgan fingerprint density at radius 2 is 1.95 bits per heavy atom. The first-order valence-corrected chi connectivity index (χ1v) is 14.8. The number of nitrogens with zero attached hydrogens (tertiary/aromatic N) is 1. The summed E-state index contributed by atoms with van der Waals surface area (Å²) in [5.74, 6) is 0. The van der Waals surface area contributed by atoms with E-state index in [1.807, 2.05) is 0 Å². The van der Waals surface area contributed by atoms with Gasteiger partial charge in [0.2, 0.25) is 0 Å². The third-order valence-corrected chi connectivity index (χ3v) is 15.0. The van der Waals surface area contributed by atoms with Gasteiger partial charge in [0.05, 0.1) is 8.31 Å². The van der Waals surface area contributed by atoms with E-state index in [0.29, 0.717) is 5.54 Å². The number of hydrogen-bond donors (Lipinski definition) is 1. The van der Waals surface area contributed by atoms with Gasteiger partial charge in [-0.05, 0) is 41.0 Å². The molecule has 0 radical (unpaired) electrons. The second-order valence-corrected chi connectivity index (χ2v) is 19.2. The highest BCUT2D eigenvalue weighted by molar-refractivity contribution is 7.23. The lowest BCUT2D eigenvalue weighted by atomic mass is 9.99. The minimum atomic E-state index is -0.595. The Balaban J connectivity index is 2.63. The predicted molar refractivity (Wildman–Crippen MR) is 98.0 cm³/mol. The van der Waals surface area contributed by atoms with E-state index in [1.165, 1.54) is 25.6 Å². The highest BCUT2D eigenvalue weighted by Crippen LogP contribution is 2.22. The maximum absolute atomic E-state index is 3.60. The van der Waals surface area contributed by atoms with Crippen molar-refractivity contribution >= 4 is 16.6 Å². The summed E-state index contributed by atoms with van der Waals surface area (Å²) in [5.41, 5.74) is 4.54. The fourth-order valence-corrected chi connectivity index (χ4v) is 11.1. The lowest BCUT2D eigenvalue weighted by molar-refractivity contribution is 0.0592. The number of hydrogen-bond acceptors (Lipinski definition) is 2. The third kappa shape index (κ3) is 5.84. The quantitative estimate of drug-likeness (QED) is 0.785. The molecule has 0 aliphatic carbocycles. The van der Waals surface area contributed by atoms with Crippen LogP contribution in [0.15, 0.2) is 11.3 Å². The van der Waals surface area contributed by atoms with Crippen LogP contribution in [0.4, 0.5) is 0 Å². The fourth-order valence-electron chi connectivity index (χ4n) is 3.32. The molecule has 2 nitrogen and oxygen atoms in total. The van der Waals surface area contributed by atoms with Crippen molar-refractivity contribution in [2.24, 2.45) is 0 Å². The van der Waals surface area contributed by atoms with Crippen molar-refractivity contribution in [2.45, 2.75) is 71.8 Å². The average molecular weight is 313 g/mol. The van der Waals surface area contributed by atoms with Crippen molar-refractivity contribution in [2.75, 3.05) is 19.6 Å². The molecule has 20 heavy (non-hydrogen) atoms. The molecule has 0 aromatic carbocycles. The molecule has 0 saturated carbocycles. The number of nitrogens with one attached hydrogen (secondary N) is 1. The predicted octanol–water partition coefficient (Wildman–Crippen LogP) is 2.75. The molecule has 1 N–H and O–H groups in total. The zero-order valence-corrected chi connectivity index (χ0v) is 17.1. The second kappa shape index (κ2) is 7.92. The molecule has 2 atom stereocenters. The second-order valence-electron chi connectivity index (χ2n) is 7.95. The highest BCUT2D eigenvalue weighted by Gasteiger charge is 2.31. The summed E-state index contributed by atoms with van der Waals surface area (Å²) in [5, 5.41) is 3.60. The largest absolute Gasteiger partial charge is 0.314 e. The minimum Gasteiger partial charge on any atom is -0.314 e. The highest BCUT2D eigenvalue weighted by atomic mass is 29.2. The van der Waals surface area contributed by atoms with Gasteiger partial charge in [-0.15, -0.1) is 5.70 Å². The fraction of sp³-hybridized carbons (Fsp3) is 0.875. The van der Waals surface area contributed by atoms with Crippen LogP contribution in [-0.2, 0) is 0 Å². The van der Waals surface area contributed by atoms with Gasteiger partial charge in [0.25, 0.3) is 0 Å². The molecule has 0 amide bonds. The molecule has 118 valence electrons. The minimum absolute atomic E-state index is 0.315. The van der Waals surface area contributed by atoms with E-state index >= 15 is 0 Å². The lowest BCUT2D eigenvalue weighted by Crippen LogP contribution is -2.58. The zero-order valence-electron chi connectivity index (χ0n) is 14.8. The van der Waals surface area contributed by atoms with Gasteiger partial charge in [-0.25, -0.2) is 0 Å². The van der Waals surface area contributed by atoms with Gasteiger partial charge >= 0.3 is 0 Å². The van der Waals surface area contributed by atoms with E-state index in [9.17, 15) is 0 Å².